The zero-order chi connectivity index (χ0) is 22.2. The molecule has 1 N–H and O–H groups in total. The molecule has 158 valence electrons. The van der Waals surface area contributed by atoms with Gasteiger partial charge >= 0.3 is 5.63 Å². The third-order valence-corrected chi connectivity index (χ3v) is 5.71. The fourth-order valence-electron chi connectivity index (χ4n) is 4.04. The lowest BCUT2D eigenvalue weighted by Crippen LogP contribution is -2.20. The van der Waals surface area contributed by atoms with Gasteiger partial charge in [0.2, 0.25) is 5.91 Å². The van der Waals surface area contributed by atoms with Crippen LogP contribution in [-0.2, 0) is 11.2 Å². The quantitative estimate of drug-likeness (QED) is 0.391. The highest BCUT2D eigenvalue weighted by atomic mass is 16.4. The van der Waals surface area contributed by atoms with Gasteiger partial charge in [0.05, 0.1) is 30.1 Å². The number of benzene rings is 2. The van der Waals surface area contributed by atoms with Crippen molar-refractivity contribution in [2.45, 2.75) is 20.3 Å². The number of carbonyl (C=O) groups is 1. The van der Waals surface area contributed by atoms with Crippen molar-refractivity contribution < 1.29 is 13.6 Å². The van der Waals surface area contributed by atoms with Gasteiger partial charge in [-0.3, -0.25) is 9.78 Å². The number of fused-ring (bicyclic) bond motifs is 2. The van der Waals surface area contributed by atoms with Gasteiger partial charge in [0, 0.05) is 28.1 Å². The van der Waals surface area contributed by atoms with E-state index in [0.717, 1.165) is 33.0 Å². The van der Waals surface area contributed by atoms with Crippen LogP contribution in [0.15, 0.2) is 80.8 Å². The molecule has 0 atom stereocenters. The average Bonchev–Trinajstić information content (AvgIpc) is 3.23. The summed E-state index contributed by atoms with van der Waals surface area (Å²) in [7, 11) is 0. The van der Waals surface area contributed by atoms with Gasteiger partial charge in [-0.25, -0.2) is 4.79 Å². The molecule has 6 heteroatoms. The van der Waals surface area contributed by atoms with E-state index < -0.39 is 5.63 Å². The standard InChI is InChI=1S/C26H20N2O4/c1-15-19-11-21-22(17-7-4-3-5-8-17)14-31-24(21)16(2)25(19)32-26(30)20(15)12-23(29)28-18-9-6-10-27-13-18/h3-11,13-14H,12H2,1-2H3,(H,28,29). The number of carbonyl (C=O) groups excluding carboxylic acids is 1. The van der Waals surface area contributed by atoms with Crippen molar-refractivity contribution in [3.63, 3.8) is 0 Å². The van der Waals surface area contributed by atoms with E-state index in [-0.39, 0.29) is 12.3 Å². The normalized spacial score (nSPS) is 11.2. The fraction of sp³-hybridized carbons (Fsp3) is 0.115. The molecular formula is C26H20N2O4. The molecule has 0 fully saturated rings. The van der Waals surface area contributed by atoms with Crippen molar-refractivity contribution in [1.29, 1.82) is 0 Å². The van der Waals surface area contributed by atoms with E-state index in [2.05, 4.69) is 10.3 Å². The van der Waals surface area contributed by atoms with Gasteiger partial charge in [0.1, 0.15) is 11.2 Å². The maximum Gasteiger partial charge on any atom is 0.340 e. The number of pyridine rings is 1. The van der Waals surface area contributed by atoms with Crippen LogP contribution in [0.25, 0.3) is 33.1 Å². The number of aryl methyl sites for hydroxylation is 2. The second kappa shape index (κ2) is 7.81. The molecule has 0 radical (unpaired) electrons. The number of anilines is 1. The van der Waals surface area contributed by atoms with Gasteiger partial charge in [-0.2, -0.15) is 0 Å². The lowest BCUT2D eigenvalue weighted by molar-refractivity contribution is -0.115. The molecular weight excluding hydrogens is 404 g/mol. The highest BCUT2D eigenvalue weighted by Gasteiger charge is 2.20. The number of rotatable bonds is 4. The topological polar surface area (TPSA) is 85.3 Å². The Bertz CT molecular complexity index is 1520. The zero-order valence-electron chi connectivity index (χ0n) is 17.6. The van der Waals surface area contributed by atoms with E-state index in [9.17, 15) is 9.59 Å². The largest absolute Gasteiger partial charge is 0.463 e. The Morgan fingerprint density at radius 1 is 1.00 bits per heavy atom. The Morgan fingerprint density at radius 2 is 1.81 bits per heavy atom. The molecule has 6 nitrogen and oxygen atoms in total. The monoisotopic (exact) mass is 424 g/mol. The maximum absolute atomic E-state index is 12.8. The first kappa shape index (κ1) is 19.8. The molecule has 32 heavy (non-hydrogen) atoms. The molecule has 3 aromatic heterocycles. The predicted octanol–water partition coefficient (Wildman–Crippen LogP) is 5.40. The van der Waals surface area contributed by atoms with E-state index in [0.29, 0.717) is 22.4 Å². The molecule has 0 bridgehead atoms. The summed E-state index contributed by atoms with van der Waals surface area (Å²) in [5, 5.41) is 4.49. The molecule has 0 unspecified atom stereocenters. The number of furan rings is 1. The van der Waals surface area contributed by atoms with Crippen LogP contribution in [-0.4, -0.2) is 10.9 Å². The summed E-state index contributed by atoms with van der Waals surface area (Å²) in [5.41, 5.74) is 5.03. The molecule has 0 aliphatic rings. The summed E-state index contributed by atoms with van der Waals surface area (Å²) >= 11 is 0. The summed E-state index contributed by atoms with van der Waals surface area (Å²) in [6.07, 6.45) is 4.81. The van der Waals surface area contributed by atoms with E-state index in [4.69, 9.17) is 8.83 Å². The van der Waals surface area contributed by atoms with Crippen LogP contribution < -0.4 is 10.9 Å². The molecule has 0 saturated heterocycles. The summed E-state index contributed by atoms with van der Waals surface area (Å²) in [5.74, 6) is -0.307. The van der Waals surface area contributed by atoms with Gasteiger partial charge in [-0.05, 0) is 43.2 Å². The van der Waals surface area contributed by atoms with Gasteiger partial charge in [-0.1, -0.05) is 30.3 Å². The Kier molecular flexibility index (Phi) is 4.82. The van der Waals surface area contributed by atoms with Crippen molar-refractivity contribution >= 4 is 33.5 Å². The van der Waals surface area contributed by atoms with Crippen molar-refractivity contribution in [2.75, 3.05) is 5.32 Å². The summed E-state index contributed by atoms with van der Waals surface area (Å²) < 4.78 is 11.5. The highest BCUT2D eigenvalue weighted by Crippen LogP contribution is 2.37. The predicted molar refractivity (Wildman–Crippen MR) is 124 cm³/mol. The van der Waals surface area contributed by atoms with Crippen LogP contribution in [0, 0.1) is 13.8 Å². The first-order valence-electron chi connectivity index (χ1n) is 10.3. The first-order valence-corrected chi connectivity index (χ1v) is 10.3. The zero-order valence-corrected chi connectivity index (χ0v) is 17.6. The van der Waals surface area contributed by atoms with Crippen molar-refractivity contribution in [2.24, 2.45) is 0 Å². The number of amides is 1. The first-order chi connectivity index (χ1) is 15.5. The fourth-order valence-corrected chi connectivity index (χ4v) is 4.04. The van der Waals surface area contributed by atoms with Crippen molar-refractivity contribution in [3.05, 3.63) is 94.3 Å². The number of nitrogens with one attached hydrogen (secondary N) is 1. The van der Waals surface area contributed by atoms with Crippen LogP contribution in [0.5, 0.6) is 0 Å². The summed E-state index contributed by atoms with van der Waals surface area (Å²) in [6, 6.07) is 15.4. The van der Waals surface area contributed by atoms with Crippen LogP contribution in [0.4, 0.5) is 5.69 Å². The Balaban J connectivity index is 1.62. The highest BCUT2D eigenvalue weighted by molar-refractivity contribution is 6.05. The SMILES string of the molecule is Cc1c(CC(=O)Nc2cccnc2)c(=O)oc2c(C)c3occ(-c4ccccc4)c3cc12. The number of nitrogens with zero attached hydrogens (tertiary/aromatic N) is 1. The average molecular weight is 424 g/mol. The molecule has 0 saturated carbocycles. The lowest BCUT2D eigenvalue weighted by atomic mass is 9.97. The molecule has 0 spiro atoms. The summed E-state index contributed by atoms with van der Waals surface area (Å²) in [4.78, 5) is 29.3. The van der Waals surface area contributed by atoms with Crippen LogP contribution >= 0.6 is 0 Å². The smallest absolute Gasteiger partial charge is 0.340 e. The van der Waals surface area contributed by atoms with Crippen molar-refractivity contribution in [1.82, 2.24) is 4.98 Å². The molecule has 0 aliphatic carbocycles. The van der Waals surface area contributed by atoms with Crippen LogP contribution in [0.2, 0.25) is 0 Å². The molecule has 5 aromatic rings. The van der Waals surface area contributed by atoms with Gasteiger partial charge in [-0.15, -0.1) is 0 Å². The lowest BCUT2D eigenvalue weighted by Gasteiger charge is -2.10. The van der Waals surface area contributed by atoms with Crippen molar-refractivity contribution in [3.8, 4) is 11.1 Å². The van der Waals surface area contributed by atoms with E-state index in [1.807, 2.05) is 50.2 Å². The molecule has 2 aromatic carbocycles. The minimum Gasteiger partial charge on any atom is -0.463 e. The molecule has 5 rings (SSSR count). The van der Waals surface area contributed by atoms with Crippen LogP contribution in [0.1, 0.15) is 16.7 Å². The summed E-state index contributed by atoms with van der Waals surface area (Å²) in [6.45, 7) is 3.72. The Hall–Kier alpha value is -4.19. The Morgan fingerprint density at radius 3 is 2.56 bits per heavy atom. The second-order valence-electron chi connectivity index (χ2n) is 7.73. The second-order valence-corrected chi connectivity index (χ2v) is 7.73. The minimum atomic E-state index is -0.520. The number of hydrogen-bond donors (Lipinski definition) is 1. The van der Waals surface area contributed by atoms with Gasteiger partial charge in [0.25, 0.3) is 0 Å². The minimum absolute atomic E-state index is 0.0903. The third-order valence-electron chi connectivity index (χ3n) is 5.71. The van der Waals surface area contributed by atoms with Gasteiger partial charge in [0.15, 0.2) is 0 Å². The molecule has 1 amide bonds. The third kappa shape index (κ3) is 3.36. The maximum atomic E-state index is 12.8. The van der Waals surface area contributed by atoms with E-state index in [1.165, 1.54) is 0 Å². The molecule has 3 heterocycles. The van der Waals surface area contributed by atoms with Gasteiger partial charge < -0.3 is 14.2 Å². The van der Waals surface area contributed by atoms with E-state index >= 15 is 0 Å². The Labute approximate surface area is 183 Å². The number of hydrogen-bond acceptors (Lipinski definition) is 5. The van der Waals surface area contributed by atoms with E-state index in [1.54, 1.807) is 30.8 Å². The molecule has 0 aliphatic heterocycles. The number of aromatic nitrogens is 1. The van der Waals surface area contributed by atoms with Crippen LogP contribution in [0.3, 0.4) is 0 Å².